The molecule has 4 aromatic rings. The molecule has 0 bridgehead atoms. The van der Waals surface area contributed by atoms with Crippen LogP contribution in [0.25, 0.3) is 0 Å². The minimum absolute atomic E-state index is 0.127. The Kier molecular flexibility index (Phi) is 11.2. The molecule has 0 aliphatic rings. The normalized spacial score (nSPS) is 10.9. The van der Waals surface area contributed by atoms with Crippen LogP contribution < -0.4 is 21.3 Å². The fourth-order valence-electron chi connectivity index (χ4n) is 4.69. The largest absolute Gasteiger partial charge is 0.351 e. The van der Waals surface area contributed by atoms with Gasteiger partial charge in [0.25, 0.3) is 17.7 Å². The topological polar surface area (TPSA) is 152 Å². The van der Waals surface area contributed by atoms with Crippen LogP contribution in [-0.4, -0.2) is 74.5 Å². The van der Waals surface area contributed by atoms with E-state index in [1.807, 2.05) is 49.3 Å². The summed E-state index contributed by atoms with van der Waals surface area (Å²) in [4.78, 5) is 66.7. The van der Waals surface area contributed by atoms with Crippen LogP contribution in [0.3, 0.4) is 0 Å². The molecular weight excluding hydrogens is 608 g/mol. The Hall–Kier alpha value is -5.08. The predicted octanol–water partition coefficient (Wildman–Crippen LogP) is 3.63. The van der Waals surface area contributed by atoms with E-state index >= 15 is 0 Å². The number of carbonyl (C=O) groups is 5. The van der Waals surface area contributed by atoms with Gasteiger partial charge in [0.15, 0.2) is 0 Å². The van der Waals surface area contributed by atoms with Crippen molar-refractivity contribution in [1.29, 1.82) is 0 Å². The van der Waals surface area contributed by atoms with Gasteiger partial charge in [-0.05, 0) is 57.4 Å². The van der Waals surface area contributed by atoms with Gasteiger partial charge in [-0.2, -0.15) is 0 Å². The number of amides is 4. The highest BCUT2D eigenvalue weighted by molar-refractivity contribution is 8.13. The number of aryl methyl sites for hydroxylation is 2. The van der Waals surface area contributed by atoms with Crippen molar-refractivity contribution >= 4 is 57.6 Å². The van der Waals surface area contributed by atoms with Gasteiger partial charge in [-0.1, -0.05) is 30.0 Å². The van der Waals surface area contributed by atoms with Crippen molar-refractivity contribution in [2.24, 2.45) is 14.1 Å². The molecule has 0 radical (unpaired) electrons. The maximum absolute atomic E-state index is 13.5. The first kappa shape index (κ1) is 33.8. The second-order valence-corrected chi connectivity index (χ2v) is 12.1. The number of hydrogen-bond acceptors (Lipinski definition) is 7. The third-order valence-electron chi connectivity index (χ3n) is 6.78. The number of rotatable bonds is 13. The number of aromatic nitrogens is 3. The molecule has 0 aliphatic heterocycles. The third-order valence-corrected chi connectivity index (χ3v) is 7.65. The van der Waals surface area contributed by atoms with Gasteiger partial charge in [0.1, 0.15) is 17.1 Å². The van der Waals surface area contributed by atoms with Crippen molar-refractivity contribution in [3.05, 3.63) is 84.2 Å². The molecule has 46 heavy (non-hydrogen) atoms. The monoisotopic (exact) mass is 646 g/mol. The number of benzene rings is 1. The summed E-state index contributed by atoms with van der Waals surface area (Å²) in [6, 6.07) is 13.7. The molecule has 3 heterocycles. The molecule has 0 saturated carbocycles. The van der Waals surface area contributed by atoms with Crippen molar-refractivity contribution in [3.8, 4) is 0 Å². The van der Waals surface area contributed by atoms with Crippen LogP contribution >= 0.6 is 11.8 Å². The molecule has 4 amide bonds. The van der Waals surface area contributed by atoms with E-state index in [9.17, 15) is 24.0 Å². The summed E-state index contributed by atoms with van der Waals surface area (Å²) in [5, 5.41) is 10.9. The number of anilines is 3. The Balaban J connectivity index is 1.53. The molecule has 0 spiro atoms. The predicted molar refractivity (Wildman–Crippen MR) is 178 cm³/mol. The zero-order valence-electron chi connectivity index (χ0n) is 26.4. The van der Waals surface area contributed by atoms with Crippen molar-refractivity contribution in [2.75, 3.05) is 43.1 Å². The smallest absolute Gasteiger partial charge is 0.272 e. The molecule has 0 unspecified atom stereocenters. The average molecular weight is 647 g/mol. The van der Waals surface area contributed by atoms with Gasteiger partial charge in [0, 0.05) is 51.0 Å². The van der Waals surface area contributed by atoms with Crippen LogP contribution in [0.5, 0.6) is 0 Å². The zero-order chi connectivity index (χ0) is 33.4. The van der Waals surface area contributed by atoms with Gasteiger partial charge in [-0.15, -0.1) is 0 Å². The quantitative estimate of drug-likeness (QED) is 0.128. The van der Waals surface area contributed by atoms with Crippen molar-refractivity contribution in [2.45, 2.75) is 24.8 Å². The lowest BCUT2D eigenvalue weighted by molar-refractivity contribution is -0.114. The molecule has 242 valence electrons. The Bertz CT molecular complexity index is 1740. The van der Waals surface area contributed by atoms with Crippen LogP contribution in [0.2, 0.25) is 0 Å². The van der Waals surface area contributed by atoms with Crippen molar-refractivity contribution in [3.63, 3.8) is 0 Å². The second kappa shape index (κ2) is 15.3. The summed E-state index contributed by atoms with van der Waals surface area (Å²) in [7, 11) is 7.31. The minimum atomic E-state index is -0.534. The Morgan fingerprint density at radius 2 is 1.28 bits per heavy atom. The first-order valence-corrected chi connectivity index (χ1v) is 15.3. The van der Waals surface area contributed by atoms with Gasteiger partial charge >= 0.3 is 0 Å². The summed E-state index contributed by atoms with van der Waals surface area (Å²) in [6.07, 6.45) is 5.55. The summed E-state index contributed by atoms with van der Waals surface area (Å²) in [5.74, 6) is -1.54. The molecular formula is C32H38N8O5S. The number of carbonyl (C=O) groups excluding carboxylic acids is 5. The molecule has 4 N–H and O–H groups in total. The fourth-order valence-corrected chi connectivity index (χ4v) is 5.45. The molecule has 13 nitrogen and oxygen atoms in total. The summed E-state index contributed by atoms with van der Waals surface area (Å²) < 4.78 is 4.66. The first-order chi connectivity index (χ1) is 21.9. The Labute approximate surface area is 271 Å². The molecule has 0 saturated heterocycles. The number of thioether (sulfide) groups is 1. The lowest BCUT2D eigenvalue weighted by Crippen LogP contribution is -2.28. The Morgan fingerprint density at radius 1 is 0.739 bits per heavy atom. The number of nitrogens with zero attached hydrogens (tertiary/aromatic N) is 4. The lowest BCUT2D eigenvalue weighted by Gasteiger charge is -2.10. The van der Waals surface area contributed by atoms with Gasteiger partial charge in [0.2, 0.25) is 11.0 Å². The highest BCUT2D eigenvalue weighted by Crippen LogP contribution is 2.23. The van der Waals surface area contributed by atoms with E-state index in [0.29, 0.717) is 29.3 Å². The van der Waals surface area contributed by atoms with Crippen LogP contribution in [0.1, 0.15) is 44.8 Å². The summed E-state index contributed by atoms with van der Waals surface area (Å²) in [6.45, 7) is 2.58. The maximum atomic E-state index is 13.5. The fraction of sp³-hybridized carbons (Fsp3) is 0.281. The lowest BCUT2D eigenvalue weighted by atomic mass is 10.3. The first-order valence-electron chi connectivity index (χ1n) is 14.5. The van der Waals surface area contributed by atoms with E-state index in [1.54, 1.807) is 41.7 Å². The number of nitrogens with one attached hydrogen (secondary N) is 4. The zero-order valence-corrected chi connectivity index (χ0v) is 27.2. The Morgan fingerprint density at radius 3 is 1.89 bits per heavy atom. The molecule has 0 atom stereocenters. The van der Waals surface area contributed by atoms with E-state index in [1.165, 1.54) is 29.8 Å². The third kappa shape index (κ3) is 9.22. The van der Waals surface area contributed by atoms with E-state index < -0.39 is 11.8 Å². The van der Waals surface area contributed by atoms with E-state index in [2.05, 4.69) is 21.3 Å². The molecule has 0 fully saturated rings. The highest BCUT2D eigenvalue weighted by atomic mass is 32.2. The van der Waals surface area contributed by atoms with Crippen LogP contribution in [0.4, 0.5) is 17.1 Å². The second-order valence-electron chi connectivity index (χ2n) is 11.0. The standard InChI is InChI=1S/C32H38N8O5S/c1-21(41)34-22-14-27(39(5)17-22)31(44)36-24-16-28(40(19-24)20-29(42)46-25-10-7-6-8-11-25)32(45)35-23-15-26(38(4)18-23)30(43)33-12-9-13-37(2)3/h6-8,10-11,14-19H,9,12-13,20H2,1-5H3,(H,33,43)(H,34,41)(H,35,45)(H,36,44). The molecule has 0 aliphatic carbocycles. The van der Waals surface area contributed by atoms with Crippen molar-refractivity contribution in [1.82, 2.24) is 23.9 Å². The molecule has 3 aromatic heterocycles. The SMILES string of the molecule is CC(=O)Nc1cc(C(=O)Nc2cc(C(=O)Nc3cc(C(=O)NCCCN(C)C)n(C)c3)n(CC(=O)Sc3ccccc3)c2)n(C)c1. The van der Waals surface area contributed by atoms with Crippen LogP contribution in [0.15, 0.2) is 72.0 Å². The van der Waals surface area contributed by atoms with Crippen molar-refractivity contribution < 1.29 is 24.0 Å². The van der Waals surface area contributed by atoms with Crippen LogP contribution in [-0.2, 0) is 30.2 Å². The van der Waals surface area contributed by atoms with Gasteiger partial charge < -0.3 is 39.9 Å². The molecule has 4 rings (SSSR count). The number of hydrogen-bond donors (Lipinski definition) is 4. The van der Waals surface area contributed by atoms with Gasteiger partial charge in [-0.3, -0.25) is 24.0 Å². The van der Waals surface area contributed by atoms with Gasteiger partial charge in [0.05, 0.1) is 23.6 Å². The highest BCUT2D eigenvalue weighted by Gasteiger charge is 2.21. The minimum Gasteiger partial charge on any atom is -0.351 e. The molecule has 14 heteroatoms. The summed E-state index contributed by atoms with van der Waals surface area (Å²) in [5.41, 5.74) is 1.92. The van der Waals surface area contributed by atoms with Gasteiger partial charge in [-0.25, -0.2) is 0 Å². The maximum Gasteiger partial charge on any atom is 0.272 e. The van der Waals surface area contributed by atoms with E-state index in [-0.39, 0.29) is 34.9 Å². The molecule has 1 aromatic carbocycles. The summed E-state index contributed by atoms with van der Waals surface area (Å²) >= 11 is 1.04. The van der Waals surface area contributed by atoms with E-state index in [0.717, 1.165) is 29.6 Å². The average Bonchev–Trinajstić information content (AvgIpc) is 3.66. The van der Waals surface area contributed by atoms with Crippen LogP contribution in [0, 0.1) is 0 Å². The van der Waals surface area contributed by atoms with E-state index in [4.69, 9.17) is 0 Å².